The minimum Gasteiger partial charge on any atom is -0.489 e. The predicted octanol–water partition coefficient (Wildman–Crippen LogP) is 4.84. The molecule has 1 saturated carbocycles. The Labute approximate surface area is 191 Å². The highest BCUT2D eigenvalue weighted by molar-refractivity contribution is 5.88. The van der Waals surface area contributed by atoms with Gasteiger partial charge < -0.3 is 15.0 Å². The lowest BCUT2D eigenvalue weighted by molar-refractivity contribution is -0.145. The minimum atomic E-state index is -0.374. The van der Waals surface area contributed by atoms with E-state index in [2.05, 4.69) is 5.32 Å². The van der Waals surface area contributed by atoms with Gasteiger partial charge >= 0.3 is 0 Å². The van der Waals surface area contributed by atoms with Gasteiger partial charge in [0.15, 0.2) is 0 Å². The molecule has 32 heavy (non-hydrogen) atoms. The summed E-state index contributed by atoms with van der Waals surface area (Å²) in [7, 11) is 0. The average molecular weight is 435 g/mol. The van der Waals surface area contributed by atoms with Crippen LogP contribution < -0.4 is 10.1 Å². The first-order chi connectivity index (χ1) is 15.7. The van der Waals surface area contributed by atoms with Gasteiger partial charge in [0.2, 0.25) is 11.8 Å². The third-order valence-corrected chi connectivity index (χ3v) is 6.64. The van der Waals surface area contributed by atoms with E-state index in [0.29, 0.717) is 19.7 Å². The molecule has 4 rings (SSSR count). The Morgan fingerprint density at radius 3 is 2.34 bits per heavy atom. The first kappa shape index (κ1) is 22.4. The molecule has 2 aliphatic rings. The van der Waals surface area contributed by atoms with Crippen LogP contribution in [0, 0.1) is 5.92 Å². The standard InChI is InChI=1S/C27H34N2O3/c30-26-25(13-7-8-18-28-26)29(27(31)23-11-5-2-6-12-23)19-21-14-16-24(17-15-21)32-20-22-9-3-1-4-10-22/h1,3-4,9-10,14-17,23,25H,2,5-8,11-13,18-20H2,(H,28,30). The molecule has 1 atom stereocenters. The van der Waals surface area contributed by atoms with Crippen LogP contribution in [-0.2, 0) is 22.7 Å². The normalized spacial score (nSPS) is 19.6. The molecule has 170 valence electrons. The van der Waals surface area contributed by atoms with Gasteiger partial charge in [-0.3, -0.25) is 9.59 Å². The van der Waals surface area contributed by atoms with Crippen molar-refractivity contribution in [3.63, 3.8) is 0 Å². The van der Waals surface area contributed by atoms with Gasteiger partial charge in [0.05, 0.1) is 0 Å². The lowest BCUT2D eigenvalue weighted by Crippen LogP contribution is -2.50. The number of hydrogen-bond donors (Lipinski definition) is 1. The molecule has 1 aliphatic heterocycles. The number of carbonyl (C=O) groups excluding carboxylic acids is 2. The highest BCUT2D eigenvalue weighted by atomic mass is 16.5. The van der Waals surface area contributed by atoms with Crippen LogP contribution in [0.2, 0.25) is 0 Å². The molecular weight excluding hydrogens is 400 g/mol. The zero-order chi connectivity index (χ0) is 22.2. The SMILES string of the molecule is O=C1NCCCCC1N(Cc1ccc(OCc2ccccc2)cc1)C(=O)C1CCCCC1. The molecule has 5 nitrogen and oxygen atoms in total. The monoisotopic (exact) mass is 434 g/mol. The lowest BCUT2D eigenvalue weighted by Gasteiger charge is -2.34. The van der Waals surface area contributed by atoms with Crippen molar-refractivity contribution in [1.29, 1.82) is 0 Å². The Balaban J connectivity index is 1.45. The quantitative estimate of drug-likeness (QED) is 0.678. The van der Waals surface area contributed by atoms with Crippen molar-refractivity contribution in [3.05, 3.63) is 65.7 Å². The molecule has 2 aromatic carbocycles. The molecule has 5 heteroatoms. The molecule has 1 aliphatic carbocycles. The van der Waals surface area contributed by atoms with E-state index in [4.69, 9.17) is 4.74 Å². The number of carbonyl (C=O) groups is 2. The molecule has 0 bridgehead atoms. The summed E-state index contributed by atoms with van der Waals surface area (Å²) in [6.45, 7) is 1.69. The van der Waals surface area contributed by atoms with Crippen LogP contribution in [0.15, 0.2) is 54.6 Å². The van der Waals surface area contributed by atoms with E-state index >= 15 is 0 Å². The average Bonchev–Trinajstić information content (AvgIpc) is 3.07. The summed E-state index contributed by atoms with van der Waals surface area (Å²) in [4.78, 5) is 28.1. The largest absolute Gasteiger partial charge is 0.489 e. The third-order valence-electron chi connectivity index (χ3n) is 6.64. The molecule has 2 amide bonds. The van der Waals surface area contributed by atoms with E-state index in [1.807, 2.05) is 59.5 Å². The Hall–Kier alpha value is -2.82. The van der Waals surface area contributed by atoms with E-state index in [0.717, 1.165) is 61.8 Å². The lowest BCUT2D eigenvalue weighted by atomic mass is 9.87. The smallest absolute Gasteiger partial charge is 0.242 e. The van der Waals surface area contributed by atoms with Gasteiger partial charge in [0, 0.05) is 19.0 Å². The number of benzene rings is 2. The van der Waals surface area contributed by atoms with Gasteiger partial charge in [-0.25, -0.2) is 0 Å². The Kier molecular flexibility index (Phi) is 7.81. The van der Waals surface area contributed by atoms with Crippen molar-refractivity contribution >= 4 is 11.8 Å². The van der Waals surface area contributed by atoms with Crippen LogP contribution in [0.4, 0.5) is 0 Å². The van der Waals surface area contributed by atoms with E-state index in [-0.39, 0.29) is 23.8 Å². The van der Waals surface area contributed by atoms with Gasteiger partial charge in [-0.2, -0.15) is 0 Å². The van der Waals surface area contributed by atoms with E-state index < -0.39 is 0 Å². The summed E-state index contributed by atoms with van der Waals surface area (Å²) in [5.41, 5.74) is 2.15. The van der Waals surface area contributed by atoms with E-state index in [1.54, 1.807) is 0 Å². The zero-order valence-electron chi connectivity index (χ0n) is 18.8. The molecule has 1 N–H and O–H groups in total. The Morgan fingerprint density at radius 1 is 0.875 bits per heavy atom. The summed E-state index contributed by atoms with van der Waals surface area (Å²) in [6.07, 6.45) is 7.97. The summed E-state index contributed by atoms with van der Waals surface area (Å²) >= 11 is 0. The van der Waals surface area contributed by atoms with Crippen molar-refractivity contribution in [1.82, 2.24) is 10.2 Å². The molecule has 1 saturated heterocycles. The fourth-order valence-electron chi connectivity index (χ4n) is 4.77. The second-order valence-corrected chi connectivity index (χ2v) is 9.02. The van der Waals surface area contributed by atoms with Gasteiger partial charge in [-0.1, -0.05) is 61.7 Å². The molecule has 0 radical (unpaired) electrons. The van der Waals surface area contributed by atoms with Crippen molar-refractivity contribution in [3.8, 4) is 5.75 Å². The number of ether oxygens (including phenoxy) is 1. The number of nitrogens with zero attached hydrogens (tertiary/aromatic N) is 1. The van der Waals surface area contributed by atoms with E-state index in [1.165, 1.54) is 6.42 Å². The fraction of sp³-hybridized carbons (Fsp3) is 0.481. The predicted molar refractivity (Wildman–Crippen MR) is 125 cm³/mol. The van der Waals surface area contributed by atoms with Crippen molar-refractivity contribution < 1.29 is 14.3 Å². The first-order valence-electron chi connectivity index (χ1n) is 12.0. The first-order valence-corrected chi connectivity index (χ1v) is 12.0. The second-order valence-electron chi connectivity index (χ2n) is 9.02. The topological polar surface area (TPSA) is 58.6 Å². The van der Waals surface area contributed by atoms with Gasteiger partial charge in [-0.15, -0.1) is 0 Å². The molecule has 2 fully saturated rings. The summed E-state index contributed by atoms with van der Waals surface area (Å²) in [5, 5.41) is 3.01. The highest BCUT2D eigenvalue weighted by Crippen LogP contribution is 2.28. The number of nitrogens with one attached hydrogen (secondary N) is 1. The highest BCUT2D eigenvalue weighted by Gasteiger charge is 2.34. The fourth-order valence-corrected chi connectivity index (χ4v) is 4.77. The van der Waals surface area contributed by atoms with Crippen LogP contribution in [0.25, 0.3) is 0 Å². The number of rotatable bonds is 7. The van der Waals surface area contributed by atoms with Crippen LogP contribution >= 0.6 is 0 Å². The summed E-state index contributed by atoms with van der Waals surface area (Å²) in [5.74, 6) is 0.994. The van der Waals surface area contributed by atoms with Crippen molar-refractivity contribution in [2.75, 3.05) is 6.54 Å². The van der Waals surface area contributed by atoms with Crippen molar-refractivity contribution in [2.24, 2.45) is 5.92 Å². The van der Waals surface area contributed by atoms with Crippen molar-refractivity contribution in [2.45, 2.75) is 70.6 Å². The van der Waals surface area contributed by atoms with Gasteiger partial charge in [0.25, 0.3) is 0 Å². The Bertz CT molecular complexity index is 876. The molecule has 0 spiro atoms. The van der Waals surface area contributed by atoms with Crippen LogP contribution in [0.1, 0.15) is 62.5 Å². The summed E-state index contributed by atoms with van der Waals surface area (Å²) < 4.78 is 5.90. The number of amides is 2. The van der Waals surface area contributed by atoms with Gasteiger partial charge in [0.1, 0.15) is 18.4 Å². The maximum atomic E-state index is 13.5. The number of hydrogen-bond acceptors (Lipinski definition) is 3. The zero-order valence-corrected chi connectivity index (χ0v) is 18.8. The van der Waals surface area contributed by atoms with Crippen LogP contribution in [0.3, 0.4) is 0 Å². The molecular formula is C27H34N2O3. The maximum Gasteiger partial charge on any atom is 0.242 e. The van der Waals surface area contributed by atoms with E-state index in [9.17, 15) is 9.59 Å². The van der Waals surface area contributed by atoms with Crippen LogP contribution in [-0.4, -0.2) is 29.3 Å². The van der Waals surface area contributed by atoms with Crippen LogP contribution in [0.5, 0.6) is 5.75 Å². The third kappa shape index (κ3) is 5.90. The summed E-state index contributed by atoms with van der Waals surface area (Å²) in [6, 6.07) is 17.6. The minimum absolute atomic E-state index is 0.00512. The van der Waals surface area contributed by atoms with Gasteiger partial charge in [-0.05, 0) is 55.4 Å². The molecule has 1 unspecified atom stereocenters. The second kappa shape index (κ2) is 11.2. The molecule has 2 aromatic rings. The maximum absolute atomic E-state index is 13.5. The molecule has 1 heterocycles. The molecule has 0 aromatic heterocycles. The Morgan fingerprint density at radius 2 is 1.59 bits per heavy atom.